The second-order valence-electron chi connectivity index (χ2n) is 8.20. The molecule has 0 saturated carbocycles. The van der Waals surface area contributed by atoms with Crippen molar-refractivity contribution in [1.29, 1.82) is 0 Å². The van der Waals surface area contributed by atoms with Gasteiger partial charge in [0.2, 0.25) is 17.7 Å². The lowest BCUT2D eigenvalue weighted by Crippen LogP contribution is -2.24. The van der Waals surface area contributed by atoms with E-state index in [-0.39, 0.29) is 17.0 Å². The highest BCUT2D eigenvalue weighted by molar-refractivity contribution is 7.73. The lowest BCUT2D eigenvalue weighted by atomic mass is 9.98. The molecule has 10 heteroatoms. The van der Waals surface area contributed by atoms with Crippen molar-refractivity contribution in [2.75, 3.05) is 23.4 Å². The second kappa shape index (κ2) is 12.1. The largest absolute Gasteiger partial charge is 0.453 e. The maximum absolute atomic E-state index is 12.6. The number of para-hydroxylation sites is 1. The summed E-state index contributed by atoms with van der Waals surface area (Å²) in [7, 11) is -3.04. The first-order chi connectivity index (χ1) is 15.6. The van der Waals surface area contributed by atoms with Crippen LogP contribution in [-0.2, 0) is 25.2 Å². The fourth-order valence-corrected chi connectivity index (χ4v) is 2.97. The molecular formula is C23H30N2O7S. The van der Waals surface area contributed by atoms with Crippen molar-refractivity contribution in [3.63, 3.8) is 0 Å². The van der Waals surface area contributed by atoms with Crippen LogP contribution in [0.5, 0.6) is 11.5 Å². The summed E-state index contributed by atoms with van der Waals surface area (Å²) >= 11 is 0. The zero-order valence-corrected chi connectivity index (χ0v) is 20.1. The van der Waals surface area contributed by atoms with Crippen molar-refractivity contribution in [1.82, 2.24) is 0 Å². The van der Waals surface area contributed by atoms with Gasteiger partial charge in [-0.05, 0) is 51.5 Å². The Morgan fingerprint density at radius 1 is 1.00 bits per heavy atom. The second-order valence-corrected chi connectivity index (χ2v) is 8.93. The Balaban J connectivity index is 2.35. The molecule has 0 aliphatic rings. The highest BCUT2D eigenvalue weighted by Crippen LogP contribution is 2.38. The Morgan fingerprint density at radius 2 is 1.67 bits per heavy atom. The number of carbonyl (C=O) groups excluding carboxylic acids is 2. The lowest BCUT2D eigenvalue weighted by molar-refractivity contribution is -0.161. The molecule has 0 fully saturated rings. The number of nitrogens with one attached hydrogen (secondary N) is 2. The molecule has 0 atom stereocenters. The SMILES string of the molecule is CCCCNc1cc(C(=O)OCOC(=O)C(C)(C)C)cc(N[SH](=O)=O)c1Oc1ccccc1. The minimum absolute atomic E-state index is 0.0561. The van der Waals surface area contributed by atoms with E-state index in [1.165, 1.54) is 12.1 Å². The number of carbonyl (C=O) groups is 2. The topological polar surface area (TPSA) is 120 Å². The van der Waals surface area contributed by atoms with E-state index in [4.69, 9.17) is 14.2 Å². The van der Waals surface area contributed by atoms with Gasteiger partial charge in [0.25, 0.3) is 0 Å². The van der Waals surface area contributed by atoms with E-state index >= 15 is 0 Å². The smallest absolute Gasteiger partial charge is 0.341 e. The van der Waals surface area contributed by atoms with Gasteiger partial charge in [0, 0.05) is 6.54 Å². The Labute approximate surface area is 195 Å². The van der Waals surface area contributed by atoms with E-state index < -0.39 is 35.0 Å². The molecule has 0 spiro atoms. The zero-order valence-electron chi connectivity index (χ0n) is 19.2. The van der Waals surface area contributed by atoms with Gasteiger partial charge in [-0.25, -0.2) is 13.2 Å². The molecule has 0 heterocycles. The quantitative estimate of drug-likeness (QED) is 0.189. The van der Waals surface area contributed by atoms with Gasteiger partial charge in [0.15, 0.2) is 5.75 Å². The van der Waals surface area contributed by atoms with Crippen molar-refractivity contribution in [3.05, 3.63) is 48.0 Å². The minimum atomic E-state index is -3.04. The van der Waals surface area contributed by atoms with Crippen LogP contribution in [-0.4, -0.2) is 33.7 Å². The number of hydrogen-bond donors (Lipinski definition) is 3. The summed E-state index contributed by atoms with van der Waals surface area (Å²) in [4.78, 5) is 24.5. The molecule has 33 heavy (non-hydrogen) atoms. The van der Waals surface area contributed by atoms with Gasteiger partial charge in [-0.2, -0.15) is 0 Å². The Morgan fingerprint density at radius 3 is 2.27 bits per heavy atom. The number of rotatable bonds is 11. The molecule has 0 aromatic heterocycles. The molecule has 2 aromatic carbocycles. The number of thiol groups is 1. The highest BCUT2D eigenvalue weighted by atomic mass is 32.2. The average molecular weight is 479 g/mol. The van der Waals surface area contributed by atoms with Crippen LogP contribution in [0.25, 0.3) is 0 Å². The van der Waals surface area contributed by atoms with Crippen molar-refractivity contribution in [2.45, 2.75) is 40.5 Å². The maximum atomic E-state index is 12.6. The first-order valence-electron chi connectivity index (χ1n) is 10.5. The van der Waals surface area contributed by atoms with Crippen LogP contribution in [0.15, 0.2) is 42.5 Å². The van der Waals surface area contributed by atoms with Crippen molar-refractivity contribution >= 4 is 34.2 Å². The first-order valence-corrected chi connectivity index (χ1v) is 11.7. The minimum Gasteiger partial charge on any atom is -0.453 e. The van der Waals surface area contributed by atoms with E-state index in [9.17, 15) is 18.0 Å². The van der Waals surface area contributed by atoms with Crippen LogP contribution >= 0.6 is 0 Å². The van der Waals surface area contributed by atoms with Gasteiger partial charge < -0.3 is 19.5 Å². The third-order valence-electron chi connectivity index (χ3n) is 4.34. The average Bonchev–Trinajstić information content (AvgIpc) is 2.75. The van der Waals surface area contributed by atoms with Gasteiger partial charge in [0.05, 0.1) is 22.4 Å². The van der Waals surface area contributed by atoms with Gasteiger partial charge in [-0.1, -0.05) is 31.5 Å². The first kappa shape index (κ1) is 26.0. The van der Waals surface area contributed by atoms with E-state index in [1.807, 2.05) is 13.0 Å². The molecule has 0 bridgehead atoms. The fraction of sp³-hybridized carbons (Fsp3) is 0.391. The number of esters is 2. The van der Waals surface area contributed by atoms with Gasteiger partial charge >= 0.3 is 11.9 Å². The number of unbranched alkanes of at least 4 members (excludes halogenated alkanes) is 1. The summed E-state index contributed by atoms with van der Waals surface area (Å²) in [5, 5.41) is 3.18. The van der Waals surface area contributed by atoms with Crippen LogP contribution in [0.3, 0.4) is 0 Å². The van der Waals surface area contributed by atoms with Crippen molar-refractivity contribution < 1.29 is 32.2 Å². The van der Waals surface area contributed by atoms with Crippen LogP contribution in [0.4, 0.5) is 11.4 Å². The monoisotopic (exact) mass is 478 g/mol. The van der Waals surface area contributed by atoms with Gasteiger partial charge in [-0.3, -0.25) is 9.52 Å². The third kappa shape index (κ3) is 8.30. The molecule has 0 aliphatic heterocycles. The van der Waals surface area contributed by atoms with E-state index in [0.717, 1.165) is 12.8 Å². The predicted octanol–water partition coefficient (Wildman–Crippen LogP) is 4.33. The molecule has 2 rings (SSSR count). The van der Waals surface area contributed by atoms with Gasteiger partial charge in [-0.15, -0.1) is 0 Å². The number of hydrogen-bond acceptors (Lipinski definition) is 8. The summed E-state index contributed by atoms with van der Waals surface area (Å²) in [6, 6.07) is 11.7. The third-order valence-corrected chi connectivity index (χ3v) is 4.76. The molecule has 0 unspecified atom stereocenters. The van der Waals surface area contributed by atoms with Crippen LogP contribution < -0.4 is 14.8 Å². The normalized spacial score (nSPS) is 11.1. The Hall–Kier alpha value is -3.27. The summed E-state index contributed by atoms with van der Waals surface area (Å²) in [6.07, 6.45) is 1.78. The summed E-state index contributed by atoms with van der Waals surface area (Å²) in [5.41, 5.74) is -0.209. The highest BCUT2D eigenvalue weighted by Gasteiger charge is 2.24. The molecule has 2 N–H and O–H groups in total. The van der Waals surface area contributed by atoms with Crippen molar-refractivity contribution in [3.8, 4) is 11.5 Å². The Kier molecular flexibility index (Phi) is 9.53. The van der Waals surface area contributed by atoms with Crippen LogP contribution in [0.2, 0.25) is 0 Å². The summed E-state index contributed by atoms with van der Waals surface area (Å²) in [5.74, 6) is -0.600. The van der Waals surface area contributed by atoms with Crippen LogP contribution in [0, 0.1) is 5.41 Å². The molecule has 0 aliphatic carbocycles. The van der Waals surface area contributed by atoms with E-state index in [1.54, 1.807) is 45.0 Å². The summed E-state index contributed by atoms with van der Waals surface area (Å²) in [6.45, 7) is 7.09. The predicted molar refractivity (Wildman–Crippen MR) is 126 cm³/mol. The number of ether oxygens (including phenoxy) is 3. The van der Waals surface area contributed by atoms with E-state index in [0.29, 0.717) is 18.0 Å². The molecular weight excluding hydrogens is 448 g/mol. The molecule has 0 saturated heterocycles. The lowest BCUT2D eigenvalue weighted by Gasteiger charge is -2.18. The van der Waals surface area contributed by atoms with Crippen LogP contribution in [0.1, 0.15) is 50.9 Å². The van der Waals surface area contributed by atoms with Gasteiger partial charge in [0.1, 0.15) is 5.75 Å². The number of benzene rings is 2. The molecule has 180 valence electrons. The molecule has 0 amide bonds. The maximum Gasteiger partial charge on any atom is 0.341 e. The molecule has 2 aromatic rings. The summed E-state index contributed by atoms with van der Waals surface area (Å²) < 4.78 is 41.2. The Bertz CT molecular complexity index is 1020. The fourth-order valence-electron chi connectivity index (χ4n) is 2.61. The standard InChI is InChI=1S/C23H30N2O7S/c1-5-6-12-24-18-13-16(21(26)30-15-31-22(27)23(2,3)4)14-19(25-33(28)29)20(18)32-17-10-8-7-9-11-17/h7-11,13-14,24,33H,5-6,12,15H2,1-4H3,(H,25,28,29). The molecule has 0 radical (unpaired) electrons. The van der Waals surface area contributed by atoms with E-state index in [2.05, 4.69) is 10.0 Å². The molecule has 9 nitrogen and oxygen atoms in total. The van der Waals surface area contributed by atoms with Crippen molar-refractivity contribution in [2.24, 2.45) is 5.41 Å². The number of anilines is 2. The zero-order chi connectivity index (χ0) is 24.4.